The number of aliphatic carboxylic acids is 1. The molecule has 5 aliphatic carbocycles. The molecule has 3 saturated heterocycles. The lowest BCUT2D eigenvalue weighted by molar-refractivity contribution is -0.201. The number of aliphatic hydroxyl groups is 2. The first-order chi connectivity index (χ1) is 29.0. The molecule has 6 N–H and O–H groups in total. The molecule has 15 nitrogen and oxygen atoms in total. The van der Waals surface area contributed by atoms with E-state index in [9.17, 15) is 44.1 Å². The van der Waals surface area contributed by atoms with Crippen molar-refractivity contribution in [2.24, 2.45) is 28.6 Å². The van der Waals surface area contributed by atoms with Gasteiger partial charge < -0.3 is 45.5 Å². The van der Waals surface area contributed by atoms with Gasteiger partial charge in [-0.05, 0) is 87.3 Å². The Bertz CT molecular complexity index is 2010. The van der Waals surface area contributed by atoms with Crippen molar-refractivity contribution in [2.75, 3.05) is 25.1 Å². The Morgan fingerprint density at radius 3 is 2.43 bits per heavy atom. The molecule has 1 aromatic rings. The highest BCUT2D eigenvalue weighted by Crippen LogP contribution is 2.70. The van der Waals surface area contributed by atoms with Crippen molar-refractivity contribution < 1.29 is 58.3 Å². The Balaban J connectivity index is 0.908. The summed E-state index contributed by atoms with van der Waals surface area (Å²) < 4.78 is 19.9. The largest absolute Gasteiger partial charge is 0.481 e. The maximum atomic E-state index is 14.0. The second-order valence-corrected chi connectivity index (χ2v) is 19.5. The van der Waals surface area contributed by atoms with Crippen LogP contribution in [0.1, 0.15) is 95.5 Å². The minimum Gasteiger partial charge on any atom is -0.481 e. The number of carbonyl (C=O) groups excluding carboxylic acids is 5. The SMILES string of the molecule is C[C@]12C=CC(=O)C=C1CC[C@@H]1[C@@H]2[C@@H](O)C[C@@]2(C)[C@H]1C[C@H]1O[C@@H](c3ccc(CC45CCC(NC(=O)[C@H](CCC(=O)O)NC(=O)CNC(=O)CBr)(CC4)CO5)cc3)O[C@]12C(=O)CO. The molecule has 9 rings (SSSR count). The van der Waals surface area contributed by atoms with Crippen molar-refractivity contribution in [1.29, 1.82) is 0 Å². The van der Waals surface area contributed by atoms with Gasteiger partial charge in [-0.15, -0.1) is 0 Å². The number of nitrogens with one attached hydrogen (secondary N) is 3. The van der Waals surface area contributed by atoms with Crippen LogP contribution in [0.5, 0.6) is 0 Å². The van der Waals surface area contributed by atoms with Gasteiger partial charge in [0.2, 0.25) is 17.7 Å². The number of aliphatic hydroxyl groups excluding tert-OH is 2. The molecule has 7 fully saturated rings. The fourth-order valence-corrected chi connectivity index (χ4v) is 12.7. The van der Waals surface area contributed by atoms with Gasteiger partial charge in [-0.2, -0.15) is 0 Å². The van der Waals surface area contributed by atoms with E-state index >= 15 is 0 Å². The molecule has 4 saturated carbocycles. The number of halogens is 1. The quantitative estimate of drug-likeness (QED) is 0.148. The number of ketones is 2. The fraction of sp³-hybridized carbons (Fsp3) is 0.644. The Kier molecular flexibility index (Phi) is 11.8. The summed E-state index contributed by atoms with van der Waals surface area (Å²) in [4.78, 5) is 75.1. The Morgan fingerprint density at radius 1 is 1.03 bits per heavy atom. The molecule has 61 heavy (non-hydrogen) atoms. The Labute approximate surface area is 362 Å². The molecule has 8 aliphatic rings. The van der Waals surface area contributed by atoms with Crippen molar-refractivity contribution in [2.45, 2.75) is 126 Å². The molecule has 3 aliphatic heterocycles. The van der Waals surface area contributed by atoms with Gasteiger partial charge >= 0.3 is 5.97 Å². The molecule has 0 unspecified atom stereocenters. The molecule has 1 aromatic carbocycles. The van der Waals surface area contributed by atoms with E-state index in [1.165, 1.54) is 0 Å². The van der Waals surface area contributed by atoms with Gasteiger partial charge in [0.05, 0.1) is 41.8 Å². The summed E-state index contributed by atoms with van der Waals surface area (Å²) in [5.41, 5.74) is -1.01. The van der Waals surface area contributed by atoms with E-state index in [0.29, 0.717) is 44.9 Å². The van der Waals surface area contributed by atoms with Crippen LogP contribution in [-0.2, 0) is 49.4 Å². The number of alkyl halides is 1. The first-order valence-corrected chi connectivity index (χ1v) is 22.6. The molecule has 0 spiro atoms. The number of allylic oxidation sites excluding steroid dienone is 4. The zero-order chi connectivity index (χ0) is 43.5. The van der Waals surface area contributed by atoms with Gasteiger partial charge in [0.15, 0.2) is 23.5 Å². The van der Waals surface area contributed by atoms with Crippen LogP contribution in [0.25, 0.3) is 0 Å². The third-order valence-corrected chi connectivity index (χ3v) is 16.1. The summed E-state index contributed by atoms with van der Waals surface area (Å²) in [6.07, 6.45) is 8.21. The molecular formula is C45H56BrN3O12. The molecule has 2 bridgehead atoms. The number of carbonyl (C=O) groups is 6. The lowest BCUT2D eigenvalue weighted by Gasteiger charge is -2.59. The fourth-order valence-electron chi connectivity index (χ4n) is 12.5. The van der Waals surface area contributed by atoms with E-state index in [1.54, 1.807) is 12.2 Å². The van der Waals surface area contributed by atoms with Crippen molar-refractivity contribution in [3.8, 4) is 0 Å². The lowest BCUT2D eigenvalue weighted by atomic mass is 9.46. The van der Waals surface area contributed by atoms with Gasteiger partial charge in [0.1, 0.15) is 12.6 Å². The summed E-state index contributed by atoms with van der Waals surface area (Å²) >= 11 is 3.01. The number of benzene rings is 1. The number of carboxylic acids is 1. The molecule has 3 amide bonds. The first kappa shape index (κ1) is 43.8. The number of hydrogen-bond acceptors (Lipinski definition) is 11. The van der Waals surface area contributed by atoms with Gasteiger partial charge in [0, 0.05) is 35.2 Å². The van der Waals surface area contributed by atoms with Crippen molar-refractivity contribution in [3.05, 3.63) is 59.2 Å². The van der Waals surface area contributed by atoms with Crippen LogP contribution in [-0.4, -0.2) is 111 Å². The summed E-state index contributed by atoms with van der Waals surface area (Å²) in [7, 11) is 0. The van der Waals surface area contributed by atoms with Crippen molar-refractivity contribution in [1.82, 2.24) is 16.0 Å². The number of fused-ring (bicyclic) bond motifs is 10. The summed E-state index contributed by atoms with van der Waals surface area (Å²) in [5, 5.41) is 39.6. The molecule has 10 atom stereocenters. The first-order valence-electron chi connectivity index (χ1n) is 21.5. The second kappa shape index (κ2) is 16.4. The maximum absolute atomic E-state index is 14.0. The number of amides is 3. The highest BCUT2D eigenvalue weighted by molar-refractivity contribution is 9.09. The normalized spacial score (nSPS) is 38.6. The summed E-state index contributed by atoms with van der Waals surface area (Å²) in [6, 6.07) is 6.76. The number of carboxylic acid groups (broad SMARTS) is 1. The Morgan fingerprint density at radius 2 is 1.77 bits per heavy atom. The van der Waals surface area contributed by atoms with Gasteiger partial charge in [0.25, 0.3) is 0 Å². The number of ether oxygens (including phenoxy) is 3. The smallest absolute Gasteiger partial charge is 0.303 e. The molecule has 0 aromatic heterocycles. The zero-order valence-electron chi connectivity index (χ0n) is 34.6. The van der Waals surface area contributed by atoms with Crippen LogP contribution < -0.4 is 16.0 Å². The third-order valence-electron chi connectivity index (χ3n) is 15.6. The monoisotopic (exact) mass is 909 g/mol. The molecule has 330 valence electrons. The van der Waals surface area contributed by atoms with E-state index in [4.69, 9.17) is 14.2 Å². The minimum absolute atomic E-state index is 0.00446. The second-order valence-electron chi connectivity index (χ2n) is 19.0. The number of Topliss-reactive ketones (excluding diaryl/α,β-unsaturated/α-hetero) is 1. The van der Waals surface area contributed by atoms with E-state index in [1.807, 2.05) is 37.3 Å². The standard InChI is InChI=1S/C45H56BrN3O12/c1-41-12-11-28(51)17-27(41)7-8-29-30-18-34-45(33(53)23-50,42(30,2)20-32(52)38(29)41)61-40(60-34)26-5-3-25(4-6-26)19-44-15-13-43(14-16-44,24-59-44)49-39(58)31(9-10-37(56)57)48-36(55)22-47-35(54)21-46/h3-6,11-12,17,29-32,34,38,40,50,52H,7-10,13-16,18-24H2,1-2H3,(H,47,54)(H,48,55)(H,49,58)(H,56,57)/t29-,30-,31-,32-,34+,38+,40+,41-,42-,43?,44?,45+/m0/s1. The van der Waals surface area contributed by atoms with Crippen LogP contribution in [0.4, 0.5) is 0 Å². The molecule has 16 heteroatoms. The topological polar surface area (TPSA) is 227 Å². The maximum Gasteiger partial charge on any atom is 0.303 e. The van der Waals surface area contributed by atoms with Crippen LogP contribution in [0, 0.1) is 28.6 Å². The van der Waals surface area contributed by atoms with Gasteiger partial charge in [-0.3, -0.25) is 28.8 Å². The summed E-state index contributed by atoms with van der Waals surface area (Å²) in [6.45, 7) is 3.33. The van der Waals surface area contributed by atoms with E-state index in [-0.39, 0.29) is 54.9 Å². The number of rotatable bonds is 14. The Hall–Kier alpha value is -3.80. The van der Waals surface area contributed by atoms with Crippen molar-refractivity contribution >= 4 is 51.2 Å². The predicted molar refractivity (Wildman–Crippen MR) is 221 cm³/mol. The number of hydrogen-bond donors (Lipinski definition) is 6. The van der Waals surface area contributed by atoms with Crippen LogP contribution >= 0.6 is 15.9 Å². The summed E-state index contributed by atoms with van der Waals surface area (Å²) in [5.74, 6) is -3.14. The molecule has 0 radical (unpaired) electrons. The predicted octanol–water partition coefficient (Wildman–Crippen LogP) is 2.89. The highest BCUT2D eigenvalue weighted by atomic mass is 79.9. The van der Waals surface area contributed by atoms with Gasteiger partial charge in [-0.25, -0.2) is 0 Å². The van der Waals surface area contributed by atoms with E-state index in [0.717, 1.165) is 29.5 Å². The van der Waals surface area contributed by atoms with Crippen LogP contribution in [0.15, 0.2) is 48.1 Å². The molecular weight excluding hydrogens is 854 g/mol. The third kappa shape index (κ3) is 7.62. The average molecular weight is 911 g/mol. The van der Waals surface area contributed by atoms with Gasteiger partial charge in [-0.1, -0.05) is 65.7 Å². The highest BCUT2D eigenvalue weighted by Gasteiger charge is 2.76. The molecule has 3 heterocycles. The zero-order valence-corrected chi connectivity index (χ0v) is 36.2. The van der Waals surface area contributed by atoms with E-state index in [2.05, 4.69) is 38.8 Å². The van der Waals surface area contributed by atoms with Crippen LogP contribution in [0.2, 0.25) is 0 Å². The van der Waals surface area contributed by atoms with E-state index < -0.39 is 88.2 Å². The average Bonchev–Trinajstić information content (AvgIpc) is 3.74. The van der Waals surface area contributed by atoms with Crippen LogP contribution in [0.3, 0.4) is 0 Å². The lowest BCUT2D eigenvalue weighted by Crippen LogP contribution is -2.65. The van der Waals surface area contributed by atoms with Crippen molar-refractivity contribution in [3.63, 3.8) is 0 Å². The minimum atomic E-state index is -1.44.